The maximum Gasteiger partial charge on any atom is 0.393 e. The Bertz CT molecular complexity index is 406. The topological polar surface area (TPSA) is 43.1 Å². The van der Waals surface area contributed by atoms with Crippen LogP contribution in [0.5, 0.6) is 0 Å². The Morgan fingerprint density at radius 3 is 2.50 bits per heavy atom. The number of hydrogen-bond donors (Lipinski definition) is 0. The first-order chi connectivity index (χ1) is 7.33. The van der Waals surface area contributed by atoms with Gasteiger partial charge in [-0.1, -0.05) is 6.07 Å². The van der Waals surface area contributed by atoms with Crippen LogP contribution in [-0.2, 0) is 6.42 Å². The third-order valence-corrected chi connectivity index (χ3v) is 2.63. The van der Waals surface area contributed by atoms with Crippen LogP contribution in [0.4, 0.5) is 18.9 Å². The van der Waals surface area contributed by atoms with Crippen LogP contribution in [0.3, 0.4) is 0 Å². The molecule has 1 rings (SSSR count). The normalized spacial score (nSPS) is 11.5. The summed E-state index contributed by atoms with van der Waals surface area (Å²) in [5, 5.41) is 10.6. The lowest BCUT2D eigenvalue weighted by atomic mass is 10.1. The van der Waals surface area contributed by atoms with E-state index in [-0.39, 0.29) is 11.3 Å². The van der Waals surface area contributed by atoms with Crippen molar-refractivity contribution in [2.24, 2.45) is 0 Å². The van der Waals surface area contributed by atoms with E-state index in [1.807, 2.05) is 0 Å². The predicted octanol–water partition coefficient (Wildman–Crippen LogP) is 3.42. The van der Waals surface area contributed by atoms with Crippen molar-refractivity contribution < 1.29 is 18.1 Å². The molecule has 0 aliphatic heterocycles. The molecule has 0 aliphatic rings. The molecule has 0 aliphatic carbocycles. The molecule has 7 heteroatoms. The van der Waals surface area contributed by atoms with Crippen molar-refractivity contribution in [3.05, 3.63) is 33.9 Å². The van der Waals surface area contributed by atoms with E-state index in [2.05, 4.69) is 0 Å². The van der Waals surface area contributed by atoms with Crippen molar-refractivity contribution in [3.63, 3.8) is 0 Å². The van der Waals surface area contributed by atoms with Crippen molar-refractivity contribution in [1.29, 1.82) is 0 Å². The molecule has 0 N–H and O–H groups in total. The van der Waals surface area contributed by atoms with E-state index in [0.717, 1.165) is 17.8 Å². The standard InChI is InChI=1S/C9H8F3NO2S/c1-16-8-3-2-6(5-9(10,11)12)4-7(8)13(14)15/h2-4H,5H2,1H3. The van der Waals surface area contributed by atoms with E-state index >= 15 is 0 Å². The van der Waals surface area contributed by atoms with E-state index < -0.39 is 17.5 Å². The highest BCUT2D eigenvalue weighted by Gasteiger charge is 2.28. The molecule has 0 amide bonds. The molecule has 1 aromatic rings. The fourth-order valence-corrected chi connectivity index (χ4v) is 1.77. The zero-order valence-corrected chi connectivity index (χ0v) is 9.06. The highest BCUT2D eigenvalue weighted by atomic mass is 32.2. The second kappa shape index (κ2) is 4.73. The summed E-state index contributed by atoms with van der Waals surface area (Å²) in [6.45, 7) is 0. The van der Waals surface area contributed by atoms with E-state index in [1.165, 1.54) is 12.1 Å². The van der Waals surface area contributed by atoms with Crippen molar-refractivity contribution in [2.45, 2.75) is 17.5 Å². The Morgan fingerprint density at radius 1 is 1.44 bits per heavy atom. The largest absolute Gasteiger partial charge is 0.393 e. The number of nitro groups is 1. The third-order valence-electron chi connectivity index (χ3n) is 1.84. The Hall–Kier alpha value is -1.24. The lowest BCUT2D eigenvalue weighted by Gasteiger charge is -2.07. The quantitative estimate of drug-likeness (QED) is 0.469. The molecule has 16 heavy (non-hydrogen) atoms. The smallest absolute Gasteiger partial charge is 0.258 e. The Labute approximate surface area is 93.8 Å². The first-order valence-electron chi connectivity index (χ1n) is 4.21. The molecule has 3 nitrogen and oxygen atoms in total. The van der Waals surface area contributed by atoms with Crippen molar-refractivity contribution in [3.8, 4) is 0 Å². The van der Waals surface area contributed by atoms with Gasteiger partial charge >= 0.3 is 6.18 Å². The molecule has 1 aromatic carbocycles. The van der Waals surface area contributed by atoms with Gasteiger partial charge in [0, 0.05) is 6.07 Å². The summed E-state index contributed by atoms with van der Waals surface area (Å²) in [5.41, 5.74) is -0.383. The van der Waals surface area contributed by atoms with Crippen LogP contribution < -0.4 is 0 Å². The lowest BCUT2D eigenvalue weighted by Crippen LogP contribution is -2.11. The van der Waals surface area contributed by atoms with Gasteiger partial charge in [-0.25, -0.2) is 0 Å². The number of nitro benzene ring substituents is 1. The Kier molecular flexibility index (Phi) is 3.79. The third kappa shape index (κ3) is 3.41. The van der Waals surface area contributed by atoms with Crippen LogP contribution in [0.1, 0.15) is 5.56 Å². The predicted molar refractivity (Wildman–Crippen MR) is 54.6 cm³/mol. The minimum absolute atomic E-state index is 0.1000. The van der Waals surface area contributed by atoms with Gasteiger partial charge in [0.15, 0.2) is 0 Å². The number of nitrogens with zero attached hydrogens (tertiary/aromatic N) is 1. The minimum atomic E-state index is -4.35. The van der Waals surface area contributed by atoms with Crippen LogP contribution in [0.25, 0.3) is 0 Å². The Balaban J connectivity index is 3.07. The molecule has 0 atom stereocenters. The van der Waals surface area contributed by atoms with Crippen LogP contribution >= 0.6 is 11.8 Å². The van der Waals surface area contributed by atoms with Gasteiger partial charge in [0.2, 0.25) is 0 Å². The molecule has 0 bridgehead atoms. The van der Waals surface area contributed by atoms with E-state index in [0.29, 0.717) is 4.90 Å². The molecule has 0 radical (unpaired) electrons. The van der Waals surface area contributed by atoms with Crippen molar-refractivity contribution >= 4 is 17.4 Å². The number of alkyl halides is 3. The van der Waals surface area contributed by atoms with Gasteiger partial charge < -0.3 is 0 Å². The second-order valence-electron chi connectivity index (χ2n) is 3.06. The van der Waals surface area contributed by atoms with Gasteiger partial charge in [0.25, 0.3) is 5.69 Å². The monoisotopic (exact) mass is 251 g/mol. The number of halogens is 3. The summed E-state index contributed by atoms with van der Waals surface area (Å²) >= 11 is 1.13. The molecule has 0 aromatic heterocycles. The highest BCUT2D eigenvalue weighted by Crippen LogP contribution is 2.30. The molecule has 0 saturated heterocycles. The van der Waals surface area contributed by atoms with Gasteiger partial charge in [-0.3, -0.25) is 10.1 Å². The van der Waals surface area contributed by atoms with Gasteiger partial charge in [0.05, 0.1) is 16.2 Å². The summed E-state index contributed by atoms with van der Waals surface area (Å²) in [6.07, 6.45) is -3.87. The summed E-state index contributed by atoms with van der Waals surface area (Å²) in [5.74, 6) is 0. The first-order valence-corrected chi connectivity index (χ1v) is 5.44. The number of rotatable bonds is 3. The molecule has 0 fully saturated rings. The summed E-state index contributed by atoms with van der Waals surface area (Å²) < 4.78 is 36.2. The zero-order valence-electron chi connectivity index (χ0n) is 8.25. The SMILES string of the molecule is CSc1ccc(CC(F)(F)F)cc1[N+](=O)[O-]. The fourth-order valence-electron chi connectivity index (χ4n) is 1.22. The van der Waals surface area contributed by atoms with Gasteiger partial charge in [0.1, 0.15) is 0 Å². The van der Waals surface area contributed by atoms with Gasteiger partial charge in [-0.15, -0.1) is 11.8 Å². The molecule has 0 unspecified atom stereocenters. The fraction of sp³-hybridized carbons (Fsp3) is 0.333. The Morgan fingerprint density at radius 2 is 2.06 bits per heavy atom. The zero-order chi connectivity index (χ0) is 12.3. The molecule has 0 spiro atoms. The van der Waals surface area contributed by atoms with Crippen molar-refractivity contribution in [1.82, 2.24) is 0 Å². The minimum Gasteiger partial charge on any atom is -0.258 e. The van der Waals surface area contributed by atoms with E-state index in [9.17, 15) is 23.3 Å². The molecule has 0 heterocycles. The number of benzene rings is 1. The number of hydrogen-bond acceptors (Lipinski definition) is 3. The van der Waals surface area contributed by atoms with Crippen LogP contribution in [0.2, 0.25) is 0 Å². The average Bonchev–Trinajstić information content (AvgIpc) is 2.15. The molecule has 0 saturated carbocycles. The molecular formula is C9H8F3NO2S. The summed E-state index contributed by atoms with van der Waals surface area (Å²) in [7, 11) is 0. The van der Waals surface area contributed by atoms with Crippen LogP contribution in [0, 0.1) is 10.1 Å². The summed E-state index contributed by atoms with van der Waals surface area (Å²) in [4.78, 5) is 10.3. The van der Waals surface area contributed by atoms with Gasteiger partial charge in [-0.2, -0.15) is 13.2 Å². The maximum absolute atomic E-state index is 12.1. The van der Waals surface area contributed by atoms with Gasteiger partial charge in [-0.05, 0) is 17.9 Å². The van der Waals surface area contributed by atoms with E-state index in [1.54, 1.807) is 6.26 Å². The molecular weight excluding hydrogens is 243 g/mol. The highest BCUT2D eigenvalue weighted by molar-refractivity contribution is 7.98. The second-order valence-corrected chi connectivity index (χ2v) is 3.90. The first kappa shape index (κ1) is 12.8. The summed E-state index contributed by atoms with van der Waals surface area (Å²) in [6, 6.07) is 3.56. The maximum atomic E-state index is 12.1. The number of thioether (sulfide) groups is 1. The molecule has 88 valence electrons. The van der Waals surface area contributed by atoms with Crippen LogP contribution in [-0.4, -0.2) is 17.4 Å². The lowest BCUT2D eigenvalue weighted by molar-refractivity contribution is -0.387. The average molecular weight is 251 g/mol. The van der Waals surface area contributed by atoms with Crippen molar-refractivity contribution in [2.75, 3.05) is 6.26 Å². The van der Waals surface area contributed by atoms with Crippen LogP contribution in [0.15, 0.2) is 23.1 Å². The van der Waals surface area contributed by atoms with E-state index in [4.69, 9.17) is 0 Å².